The molecule has 0 aliphatic heterocycles. The molecule has 16 saturated carbocycles. The van der Waals surface area contributed by atoms with Crippen molar-refractivity contribution in [1.29, 1.82) is 0 Å². The predicted molar refractivity (Wildman–Crippen MR) is 541 cm³/mol. The summed E-state index contributed by atoms with van der Waals surface area (Å²) in [5.74, 6) is 13.7. The standard InChI is InChI=1S/4C30H42N2O2/c1-19-5-10-26-20(15-19)17-32(31-26)18-27(33)25-9-8-23-22-7-6-21-16-28(2,34)13-14-29(21,3)24(22)11-12-30(23,25)4;1-19-5-10-26-20(15-19)17-31-32(26)18-27(33)25-9-8-23-22-7-6-21-16-28(2,34)13-14-29(21,3)24(22)11-12-30(23,25)4;1-19-5-6-20-17-32(31-26(20)15-19)18-27(33)25-10-9-23-22-8-7-21-16-28(2,34)13-14-29(21,3)24(22)11-12-30(23,25)4;1-19-5-6-20-17-31-32(26(20)15-19)18-27(33)25-10-9-23-22-8-7-21-16-28(2,34)13-14-29(21,3)24(22)11-12-30(23,25)4/h2*5,10,15,17,21-25,34H,6-9,11-14,16,18H2,1-4H3;2*5-6,15,17,21-25,34H,7-14,16,18H2,1-4H3/t4*21-,22-,23-,24-,25+,28+,29-,30-/m0000/s1. The van der Waals surface area contributed by atoms with Gasteiger partial charge >= 0.3 is 0 Å². The fourth-order valence-electron chi connectivity index (χ4n) is 38.1. The molecule has 4 heterocycles. The number of aromatic nitrogens is 8. The second kappa shape index (κ2) is 34.5. The van der Waals surface area contributed by atoms with E-state index in [1.54, 1.807) is 0 Å². The Morgan fingerprint density at radius 1 is 0.287 bits per heavy atom. The summed E-state index contributed by atoms with van der Waals surface area (Å²) in [7, 11) is 0. The van der Waals surface area contributed by atoms with Crippen molar-refractivity contribution in [3.05, 3.63) is 120 Å². The van der Waals surface area contributed by atoms with Gasteiger partial charge in [-0.2, -0.15) is 20.4 Å². The third-order valence-electron chi connectivity index (χ3n) is 45.6. The summed E-state index contributed by atoms with van der Waals surface area (Å²) in [6.45, 7) is 38.2. The lowest BCUT2D eigenvalue weighted by Crippen LogP contribution is -2.55. The second-order valence-electron chi connectivity index (χ2n) is 53.5. The Hall–Kier alpha value is -6.72. The zero-order valence-corrected chi connectivity index (χ0v) is 86.1. The molecule has 736 valence electrons. The number of aliphatic hydroxyl groups is 4. The molecule has 16 fully saturated rings. The van der Waals surface area contributed by atoms with Crippen LogP contribution in [0, 0.1) is 189 Å². The summed E-state index contributed by atoms with van der Waals surface area (Å²) < 4.78 is 7.64. The number of Topliss-reactive ketones (excluding diaryl/α,β-unsaturated/α-hetero) is 4. The van der Waals surface area contributed by atoms with Crippen LogP contribution >= 0.6 is 0 Å². The monoisotopic (exact) mass is 1850 g/mol. The van der Waals surface area contributed by atoms with Crippen molar-refractivity contribution < 1.29 is 39.6 Å². The molecule has 24 rings (SSSR count). The van der Waals surface area contributed by atoms with E-state index in [2.05, 4.69) is 166 Å². The first-order valence-corrected chi connectivity index (χ1v) is 55.1. The quantitative estimate of drug-likeness (QED) is 0.0897. The highest BCUT2D eigenvalue weighted by atomic mass is 16.3. The summed E-state index contributed by atoms with van der Waals surface area (Å²) in [5, 5.41) is 66.1. The zero-order valence-electron chi connectivity index (χ0n) is 86.1. The molecule has 16 nitrogen and oxygen atoms in total. The molecule has 8 aromatic rings. The summed E-state index contributed by atoms with van der Waals surface area (Å²) >= 11 is 0. The number of aryl methyl sites for hydroxylation is 4. The molecule has 0 unspecified atom stereocenters. The van der Waals surface area contributed by atoms with Gasteiger partial charge in [0, 0.05) is 57.6 Å². The molecular formula is C120H168N8O8. The average Bonchev–Trinajstić information content (AvgIpc) is 1.45. The summed E-state index contributed by atoms with van der Waals surface area (Å²) in [6.07, 6.45) is 49.4. The van der Waals surface area contributed by atoms with Crippen LogP contribution in [0.25, 0.3) is 43.6 Å². The summed E-state index contributed by atoms with van der Waals surface area (Å²) in [5.41, 5.74) is 9.17. The van der Waals surface area contributed by atoms with Crippen molar-refractivity contribution in [3.8, 4) is 0 Å². The van der Waals surface area contributed by atoms with Crippen LogP contribution in [0.15, 0.2) is 97.6 Å². The highest BCUT2D eigenvalue weighted by Gasteiger charge is 2.68. The number of fused-ring (bicyclic) bond motifs is 24. The Balaban J connectivity index is 0.000000108. The van der Waals surface area contributed by atoms with Crippen LogP contribution < -0.4 is 0 Å². The Morgan fingerprint density at radius 2 is 0.588 bits per heavy atom. The van der Waals surface area contributed by atoms with Crippen molar-refractivity contribution in [1.82, 2.24) is 39.1 Å². The number of hydrogen-bond acceptors (Lipinski definition) is 12. The first kappa shape index (κ1) is 95.5. The van der Waals surface area contributed by atoms with Gasteiger partial charge in [0.15, 0.2) is 23.1 Å². The number of carbonyl (C=O) groups excluding carboxylic acids is 4. The lowest BCUT2D eigenvalue weighted by Gasteiger charge is -2.61. The Morgan fingerprint density at radius 3 is 0.978 bits per heavy atom. The van der Waals surface area contributed by atoms with E-state index in [-0.39, 0.29) is 45.3 Å². The van der Waals surface area contributed by atoms with Crippen LogP contribution in [-0.2, 0) is 45.4 Å². The first-order valence-electron chi connectivity index (χ1n) is 55.1. The van der Waals surface area contributed by atoms with E-state index < -0.39 is 22.4 Å². The summed E-state index contributed by atoms with van der Waals surface area (Å²) in [6, 6.07) is 25.4. The van der Waals surface area contributed by atoms with Crippen molar-refractivity contribution in [3.63, 3.8) is 0 Å². The normalized spacial score (nSPS) is 43.9. The lowest BCUT2D eigenvalue weighted by atomic mass is 9.44. The Labute approximate surface area is 812 Å². The van der Waals surface area contributed by atoms with Crippen molar-refractivity contribution in [2.75, 3.05) is 0 Å². The van der Waals surface area contributed by atoms with Gasteiger partial charge in [0.05, 0.1) is 70.0 Å². The minimum atomic E-state index is -0.472. The minimum absolute atomic E-state index is 0.139. The first-order chi connectivity index (χ1) is 64.4. The van der Waals surface area contributed by atoms with Crippen LogP contribution in [0.4, 0.5) is 0 Å². The number of nitrogens with zero attached hydrogens (tertiary/aromatic N) is 8. The maximum atomic E-state index is 13.7. The van der Waals surface area contributed by atoms with Gasteiger partial charge in [-0.15, -0.1) is 0 Å². The molecule has 16 heteroatoms. The number of ketones is 4. The fourth-order valence-corrected chi connectivity index (χ4v) is 38.1. The molecule has 4 N–H and O–H groups in total. The molecule has 0 radical (unpaired) electrons. The van der Waals surface area contributed by atoms with Crippen LogP contribution in [0.3, 0.4) is 0 Å². The Kier molecular flexibility index (Phi) is 24.2. The topological polar surface area (TPSA) is 220 Å². The lowest BCUT2D eigenvalue weighted by molar-refractivity contribution is -0.151. The third kappa shape index (κ3) is 16.4. The van der Waals surface area contributed by atoms with Gasteiger partial charge in [0.25, 0.3) is 0 Å². The van der Waals surface area contributed by atoms with Gasteiger partial charge < -0.3 is 20.4 Å². The van der Waals surface area contributed by atoms with E-state index in [4.69, 9.17) is 10.2 Å². The van der Waals surface area contributed by atoms with Crippen LogP contribution in [0.1, 0.15) is 336 Å². The van der Waals surface area contributed by atoms with Crippen LogP contribution in [-0.4, -0.2) is 105 Å². The van der Waals surface area contributed by atoms with Crippen molar-refractivity contribution >= 4 is 66.7 Å². The van der Waals surface area contributed by atoms with Gasteiger partial charge in [-0.1, -0.05) is 103 Å². The van der Waals surface area contributed by atoms with Gasteiger partial charge in [-0.3, -0.25) is 37.9 Å². The highest BCUT2D eigenvalue weighted by Crippen LogP contribution is 2.74. The maximum absolute atomic E-state index is 13.7. The predicted octanol–water partition coefficient (Wildman–Crippen LogP) is 25.3. The van der Waals surface area contributed by atoms with Crippen LogP contribution in [0.2, 0.25) is 0 Å². The molecule has 16 aliphatic carbocycles. The third-order valence-corrected chi connectivity index (χ3v) is 45.6. The van der Waals surface area contributed by atoms with Gasteiger partial charge in [-0.25, -0.2) is 0 Å². The molecule has 136 heavy (non-hydrogen) atoms. The number of rotatable bonds is 12. The number of benzene rings is 4. The average molecular weight is 1850 g/mol. The molecule has 0 amide bonds. The molecule has 0 spiro atoms. The minimum Gasteiger partial charge on any atom is -0.390 e. The number of carbonyl (C=O) groups is 4. The molecular weight excluding hydrogens is 1680 g/mol. The SMILES string of the molecule is Cc1ccc2c(cnn2CC(=O)[C@H]2CC[C@H]3[C@@H]4CC[C@H]5C[C@](C)(O)CC[C@]5(C)[C@H]4CC[C@]23C)c1.Cc1ccc2cn(CC(=O)[C@H]3CC[C@H]4[C@@H]5CC[C@H]6C[C@](C)(O)CC[C@]6(C)[C@H]5CC[C@]34C)nc2c1.Cc1ccc2cnn(CC(=O)[C@H]3CC[C@H]4[C@@H]5CC[C@H]6C[C@](C)(O)CC[C@]6(C)[C@H]5CC[C@]34C)c2c1.Cc1ccc2nn(CC(=O)[C@H]3CC[C@H]4[C@@H]5CC[C@H]6C[C@](C)(O)CC[C@]6(C)[C@H]5CC[C@]34C)cc2c1. The van der Waals surface area contributed by atoms with Gasteiger partial charge in [0.1, 0.15) is 13.1 Å². The van der Waals surface area contributed by atoms with E-state index in [1.807, 2.05) is 71.2 Å². The molecule has 32 atom stereocenters. The zero-order chi connectivity index (χ0) is 95.5. The van der Waals surface area contributed by atoms with E-state index in [0.717, 1.165) is 168 Å². The highest BCUT2D eigenvalue weighted by molar-refractivity contribution is 5.88. The molecule has 0 saturated heterocycles. The van der Waals surface area contributed by atoms with Crippen LogP contribution in [0.5, 0.6) is 0 Å². The largest absolute Gasteiger partial charge is 0.390 e. The molecule has 0 bridgehead atoms. The number of hydrogen-bond donors (Lipinski definition) is 4. The van der Waals surface area contributed by atoms with Crippen molar-refractivity contribution in [2.45, 2.75) is 391 Å². The fraction of sp³-hybridized carbons (Fsp3) is 0.733. The van der Waals surface area contributed by atoms with Gasteiger partial charge in [0.2, 0.25) is 0 Å². The van der Waals surface area contributed by atoms with E-state index in [0.29, 0.717) is 118 Å². The van der Waals surface area contributed by atoms with E-state index in [1.165, 1.54) is 176 Å². The molecule has 16 aliphatic rings. The van der Waals surface area contributed by atoms with E-state index >= 15 is 0 Å². The maximum Gasteiger partial charge on any atom is 0.157 e. The molecule has 4 aromatic carbocycles. The molecule has 4 aromatic heterocycles. The second-order valence-corrected chi connectivity index (χ2v) is 53.5. The summed E-state index contributed by atoms with van der Waals surface area (Å²) in [4.78, 5) is 54.8. The van der Waals surface area contributed by atoms with Gasteiger partial charge in [-0.05, 0) is 472 Å². The smallest absolute Gasteiger partial charge is 0.157 e. The van der Waals surface area contributed by atoms with E-state index in [9.17, 15) is 39.6 Å². The van der Waals surface area contributed by atoms with Crippen molar-refractivity contribution in [2.24, 2.45) is 162 Å². The Bertz CT molecular complexity index is 5680.